The van der Waals surface area contributed by atoms with Crippen molar-refractivity contribution in [3.63, 3.8) is 0 Å². The van der Waals surface area contributed by atoms with Gasteiger partial charge in [0.05, 0.1) is 19.3 Å². The number of fused-ring (bicyclic) bond motifs is 4. The van der Waals surface area contributed by atoms with E-state index in [1.54, 1.807) is 12.1 Å². The van der Waals surface area contributed by atoms with Gasteiger partial charge in [0.2, 0.25) is 5.88 Å². The number of para-hydroxylation sites is 1. The third-order valence-electron chi connectivity index (χ3n) is 6.43. The summed E-state index contributed by atoms with van der Waals surface area (Å²) in [6.07, 6.45) is 5.00. The fraction of sp³-hybridized carbons (Fsp3) is 0.280. The first-order valence-electron chi connectivity index (χ1n) is 10.6. The Morgan fingerprint density at radius 1 is 1.22 bits per heavy atom. The highest BCUT2D eigenvalue weighted by atomic mass is 127. The molecule has 0 bridgehead atoms. The van der Waals surface area contributed by atoms with Gasteiger partial charge in [-0.2, -0.15) is 0 Å². The molecule has 0 spiro atoms. The highest BCUT2D eigenvalue weighted by Crippen LogP contribution is 2.41. The second-order valence-electron chi connectivity index (χ2n) is 8.21. The number of carbonyl (C=O) groups is 1. The Hall–Kier alpha value is -2.81. The van der Waals surface area contributed by atoms with Gasteiger partial charge in [-0.05, 0) is 68.3 Å². The number of aryl methyl sites for hydroxylation is 4. The SMILES string of the molecule is CCN1C(=CC=C2CCn3c2[n+](C)c2cccc(C(=O)O)c23)Oc2cc(C)c(C)cc21.[I-]. The van der Waals surface area contributed by atoms with Gasteiger partial charge in [0.15, 0.2) is 16.8 Å². The molecule has 3 aromatic rings. The van der Waals surface area contributed by atoms with Crippen LogP contribution in [0.5, 0.6) is 5.75 Å². The summed E-state index contributed by atoms with van der Waals surface area (Å²) >= 11 is 0. The number of carboxylic acids is 1. The number of nitrogens with zero attached hydrogens (tertiary/aromatic N) is 3. The lowest BCUT2D eigenvalue weighted by Gasteiger charge is -2.15. The lowest BCUT2D eigenvalue weighted by atomic mass is 10.1. The van der Waals surface area contributed by atoms with Gasteiger partial charge in [-0.1, -0.05) is 6.07 Å². The van der Waals surface area contributed by atoms with Crippen molar-refractivity contribution in [3.05, 3.63) is 70.9 Å². The minimum absolute atomic E-state index is 0. The van der Waals surface area contributed by atoms with Gasteiger partial charge in [0.25, 0.3) is 5.82 Å². The average molecular weight is 543 g/mol. The van der Waals surface area contributed by atoms with Crippen molar-refractivity contribution in [2.24, 2.45) is 7.05 Å². The van der Waals surface area contributed by atoms with Crippen molar-refractivity contribution in [2.75, 3.05) is 11.4 Å². The largest absolute Gasteiger partial charge is 1.00 e. The maximum atomic E-state index is 11.8. The number of ether oxygens (including phenoxy) is 1. The Morgan fingerprint density at radius 3 is 2.69 bits per heavy atom. The van der Waals surface area contributed by atoms with E-state index in [1.165, 1.54) is 16.7 Å². The molecule has 32 heavy (non-hydrogen) atoms. The Kier molecular flexibility index (Phi) is 5.79. The van der Waals surface area contributed by atoms with E-state index in [0.717, 1.165) is 53.7 Å². The van der Waals surface area contributed by atoms with Crippen molar-refractivity contribution in [2.45, 2.75) is 33.7 Å². The van der Waals surface area contributed by atoms with Crippen LogP contribution in [0.2, 0.25) is 0 Å². The van der Waals surface area contributed by atoms with Crippen LogP contribution in [-0.2, 0) is 13.6 Å². The van der Waals surface area contributed by atoms with Crippen molar-refractivity contribution in [1.29, 1.82) is 0 Å². The molecular formula is C25H26IN3O3. The van der Waals surface area contributed by atoms with Crippen LogP contribution >= 0.6 is 0 Å². The maximum Gasteiger partial charge on any atom is 0.340 e. The number of rotatable bonds is 3. The lowest BCUT2D eigenvalue weighted by molar-refractivity contribution is -0.647. The fourth-order valence-electron chi connectivity index (χ4n) is 4.74. The van der Waals surface area contributed by atoms with Crippen molar-refractivity contribution in [1.82, 2.24) is 4.57 Å². The molecule has 0 saturated carbocycles. The summed E-state index contributed by atoms with van der Waals surface area (Å²) in [5.41, 5.74) is 6.81. The summed E-state index contributed by atoms with van der Waals surface area (Å²) in [6, 6.07) is 9.74. The molecule has 0 atom stereocenters. The number of anilines is 1. The minimum Gasteiger partial charge on any atom is -1.00 e. The number of allylic oxidation sites excluding steroid dienone is 3. The normalized spacial score (nSPS) is 16.9. The van der Waals surface area contributed by atoms with Gasteiger partial charge < -0.3 is 38.7 Å². The topological polar surface area (TPSA) is 58.6 Å². The second-order valence-corrected chi connectivity index (χ2v) is 8.21. The molecule has 2 aliphatic heterocycles. The van der Waals surface area contributed by atoms with Crippen LogP contribution in [0.25, 0.3) is 16.6 Å². The van der Waals surface area contributed by atoms with Crippen LogP contribution in [0.4, 0.5) is 5.69 Å². The Balaban J connectivity index is 0.00000245. The highest BCUT2D eigenvalue weighted by molar-refractivity contribution is 6.01. The zero-order valence-corrected chi connectivity index (χ0v) is 20.8. The van der Waals surface area contributed by atoms with Crippen molar-refractivity contribution in [3.8, 4) is 5.75 Å². The summed E-state index contributed by atoms with van der Waals surface area (Å²) in [7, 11) is 2.00. The maximum absolute atomic E-state index is 11.8. The predicted molar refractivity (Wildman–Crippen MR) is 120 cm³/mol. The first-order valence-corrected chi connectivity index (χ1v) is 10.6. The Morgan fingerprint density at radius 2 is 1.97 bits per heavy atom. The van der Waals surface area contributed by atoms with Gasteiger partial charge in [0.1, 0.15) is 5.56 Å². The van der Waals surface area contributed by atoms with E-state index < -0.39 is 5.97 Å². The molecule has 0 fully saturated rings. The van der Waals surface area contributed by atoms with Gasteiger partial charge in [-0.3, -0.25) is 0 Å². The third kappa shape index (κ3) is 3.30. The van der Waals surface area contributed by atoms with E-state index in [2.05, 4.69) is 53.0 Å². The minimum atomic E-state index is -0.896. The van der Waals surface area contributed by atoms with Crippen LogP contribution in [0.1, 0.15) is 40.7 Å². The van der Waals surface area contributed by atoms with E-state index >= 15 is 0 Å². The van der Waals surface area contributed by atoms with E-state index in [1.807, 2.05) is 19.2 Å². The molecule has 0 radical (unpaired) electrons. The molecule has 2 aromatic carbocycles. The number of hydrogen-bond acceptors (Lipinski definition) is 3. The van der Waals surface area contributed by atoms with Crippen LogP contribution in [0, 0.1) is 13.8 Å². The van der Waals surface area contributed by atoms with Crippen molar-refractivity contribution >= 4 is 28.3 Å². The molecule has 166 valence electrons. The molecule has 0 amide bonds. The highest BCUT2D eigenvalue weighted by Gasteiger charge is 2.34. The van der Waals surface area contributed by atoms with Crippen LogP contribution in [-0.4, -0.2) is 22.2 Å². The number of carboxylic acid groups (broad SMARTS) is 1. The van der Waals surface area contributed by atoms with E-state index in [4.69, 9.17) is 4.74 Å². The average Bonchev–Trinajstić information content (AvgIpc) is 3.39. The molecule has 1 N–H and O–H groups in total. The monoisotopic (exact) mass is 543 g/mol. The number of halogens is 1. The second kappa shape index (κ2) is 8.27. The first-order chi connectivity index (χ1) is 14.9. The molecule has 7 heteroatoms. The molecule has 1 aromatic heterocycles. The van der Waals surface area contributed by atoms with Crippen molar-refractivity contribution < 1.29 is 43.2 Å². The molecule has 6 nitrogen and oxygen atoms in total. The molecule has 3 heterocycles. The summed E-state index contributed by atoms with van der Waals surface area (Å²) in [5, 5.41) is 9.65. The summed E-state index contributed by atoms with van der Waals surface area (Å²) < 4.78 is 10.4. The summed E-state index contributed by atoms with van der Waals surface area (Å²) in [4.78, 5) is 13.9. The molecule has 2 aliphatic rings. The zero-order valence-electron chi connectivity index (χ0n) is 18.6. The molecule has 0 aliphatic carbocycles. The summed E-state index contributed by atoms with van der Waals surface area (Å²) in [5.74, 6) is 1.86. The Bertz CT molecular complexity index is 1320. The number of hydrogen-bond donors (Lipinski definition) is 1. The van der Waals surface area contributed by atoms with Gasteiger partial charge >= 0.3 is 5.97 Å². The molecular weight excluding hydrogens is 517 g/mol. The standard InChI is InChI=1S/C25H25N3O3.HI/c1-5-27-20-13-15(2)16(3)14-21(20)31-22(27)10-9-17-11-12-28-23-18(25(29)30)7-6-8-19(23)26(4)24(17)28;/h6-10,13-14H,5,11-12H2,1-4H3;1H. The fourth-order valence-corrected chi connectivity index (χ4v) is 4.74. The number of imidazole rings is 1. The zero-order chi connectivity index (χ0) is 21.9. The molecule has 0 saturated heterocycles. The van der Waals surface area contributed by atoms with Crippen LogP contribution in [0.3, 0.4) is 0 Å². The van der Waals surface area contributed by atoms with E-state index in [0.29, 0.717) is 5.56 Å². The van der Waals surface area contributed by atoms with Gasteiger partial charge in [-0.25, -0.2) is 13.9 Å². The summed E-state index contributed by atoms with van der Waals surface area (Å²) in [6.45, 7) is 7.93. The smallest absolute Gasteiger partial charge is 0.340 e. The predicted octanol–water partition coefficient (Wildman–Crippen LogP) is 1.33. The molecule has 5 rings (SSSR count). The number of aromatic carboxylic acids is 1. The molecule has 0 unspecified atom stereocenters. The first kappa shape index (κ1) is 22.4. The van der Waals surface area contributed by atoms with Crippen LogP contribution in [0.15, 0.2) is 48.4 Å². The lowest BCUT2D eigenvalue weighted by Crippen LogP contribution is -3.00. The quantitative estimate of drug-likeness (QED) is 0.401. The third-order valence-corrected chi connectivity index (χ3v) is 6.43. The Labute approximate surface area is 204 Å². The van der Waals surface area contributed by atoms with E-state index in [-0.39, 0.29) is 24.0 Å². The number of benzene rings is 2. The van der Waals surface area contributed by atoms with Crippen LogP contribution < -0.4 is 38.2 Å². The van der Waals surface area contributed by atoms with Gasteiger partial charge in [-0.15, -0.1) is 0 Å². The number of aromatic nitrogens is 2. The van der Waals surface area contributed by atoms with Gasteiger partial charge in [0, 0.05) is 18.5 Å². The van der Waals surface area contributed by atoms with E-state index in [9.17, 15) is 9.90 Å².